The highest BCUT2D eigenvalue weighted by molar-refractivity contribution is 7.92. The quantitative estimate of drug-likeness (QED) is 0.773. The van der Waals surface area contributed by atoms with E-state index in [2.05, 4.69) is 9.82 Å². The van der Waals surface area contributed by atoms with Gasteiger partial charge in [-0.15, -0.1) is 0 Å². The van der Waals surface area contributed by atoms with E-state index < -0.39 is 10.0 Å². The monoisotopic (exact) mass is 341 g/mol. The van der Waals surface area contributed by atoms with E-state index in [1.165, 1.54) is 6.20 Å². The number of sulfonamides is 1. The summed E-state index contributed by atoms with van der Waals surface area (Å²) in [4.78, 5) is 0.238. The van der Waals surface area contributed by atoms with Gasteiger partial charge in [-0.05, 0) is 24.1 Å². The molecular weight excluding hydrogens is 322 g/mol. The molecule has 0 saturated carbocycles. The second kappa shape index (κ2) is 6.49. The molecule has 5 nitrogen and oxygen atoms in total. The summed E-state index contributed by atoms with van der Waals surface area (Å²) in [5.41, 5.74) is 3.18. The van der Waals surface area contributed by atoms with Crippen LogP contribution in [0.3, 0.4) is 0 Å². The van der Waals surface area contributed by atoms with Crippen molar-refractivity contribution in [3.63, 3.8) is 0 Å². The van der Waals surface area contributed by atoms with Crippen LogP contribution in [0.25, 0.3) is 11.3 Å². The van der Waals surface area contributed by atoms with E-state index in [0.29, 0.717) is 5.69 Å². The van der Waals surface area contributed by atoms with Crippen molar-refractivity contribution in [2.75, 3.05) is 4.72 Å². The maximum Gasteiger partial charge on any atom is 0.262 e. The van der Waals surface area contributed by atoms with Crippen molar-refractivity contribution in [3.05, 3.63) is 66.4 Å². The third-order valence-corrected chi connectivity index (χ3v) is 5.25. The predicted octanol–water partition coefficient (Wildman–Crippen LogP) is 3.45. The zero-order valence-corrected chi connectivity index (χ0v) is 14.4. The van der Waals surface area contributed by atoms with E-state index in [-0.39, 0.29) is 4.90 Å². The lowest BCUT2D eigenvalue weighted by atomic mass is 10.1. The van der Waals surface area contributed by atoms with Crippen LogP contribution in [0.15, 0.2) is 65.7 Å². The Morgan fingerprint density at radius 2 is 1.71 bits per heavy atom. The number of rotatable bonds is 5. The molecule has 2 aromatic carbocycles. The summed E-state index contributed by atoms with van der Waals surface area (Å²) in [6.07, 6.45) is 2.40. The summed E-state index contributed by atoms with van der Waals surface area (Å²) < 4.78 is 29.6. The average molecular weight is 341 g/mol. The smallest absolute Gasteiger partial charge is 0.262 e. The van der Waals surface area contributed by atoms with Crippen LogP contribution < -0.4 is 4.72 Å². The molecule has 0 amide bonds. The normalized spacial score (nSPS) is 11.4. The number of nitrogens with zero attached hydrogens (tertiary/aromatic N) is 2. The van der Waals surface area contributed by atoms with Gasteiger partial charge in [0.25, 0.3) is 10.0 Å². The third-order valence-electron chi connectivity index (χ3n) is 3.87. The molecule has 0 aliphatic rings. The van der Waals surface area contributed by atoms with E-state index in [4.69, 9.17) is 0 Å². The lowest BCUT2D eigenvalue weighted by Gasteiger charge is -2.10. The van der Waals surface area contributed by atoms with Gasteiger partial charge in [0.15, 0.2) is 0 Å². The topological polar surface area (TPSA) is 64.0 Å². The van der Waals surface area contributed by atoms with Crippen LogP contribution in [0.1, 0.15) is 12.5 Å². The van der Waals surface area contributed by atoms with Gasteiger partial charge >= 0.3 is 0 Å². The standard InChI is InChI=1S/C18H19N3O2S/c1-3-14-9-11-16(12-10-14)24(22,23)20-17-13-19-21(2)18(17)15-7-5-4-6-8-15/h4-13,20H,3H2,1-2H3. The van der Waals surface area contributed by atoms with Crippen molar-refractivity contribution in [2.24, 2.45) is 7.05 Å². The number of hydrogen-bond acceptors (Lipinski definition) is 3. The Morgan fingerprint density at radius 3 is 2.33 bits per heavy atom. The molecule has 1 heterocycles. The molecule has 0 unspecified atom stereocenters. The van der Waals surface area contributed by atoms with Gasteiger partial charge in [0.1, 0.15) is 0 Å². The average Bonchev–Trinajstić information content (AvgIpc) is 2.95. The van der Waals surface area contributed by atoms with Crippen LogP contribution in [-0.4, -0.2) is 18.2 Å². The molecule has 0 aliphatic heterocycles. The van der Waals surface area contributed by atoms with Crippen LogP contribution in [0.5, 0.6) is 0 Å². The number of aryl methyl sites for hydroxylation is 2. The highest BCUT2D eigenvalue weighted by Crippen LogP contribution is 2.29. The highest BCUT2D eigenvalue weighted by atomic mass is 32.2. The molecule has 0 atom stereocenters. The molecule has 0 fully saturated rings. The fraction of sp³-hybridized carbons (Fsp3) is 0.167. The van der Waals surface area contributed by atoms with Crippen molar-refractivity contribution in [2.45, 2.75) is 18.2 Å². The summed E-state index contributed by atoms with van der Waals surface area (Å²) in [6, 6.07) is 16.5. The number of aromatic nitrogens is 2. The van der Waals surface area contributed by atoms with Crippen molar-refractivity contribution < 1.29 is 8.42 Å². The molecule has 3 rings (SSSR count). The zero-order chi connectivity index (χ0) is 17.2. The molecule has 6 heteroatoms. The van der Waals surface area contributed by atoms with Gasteiger partial charge < -0.3 is 0 Å². The third kappa shape index (κ3) is 3.19. The Bertz CT molecular complexity index is 930. The molecule has 1 aromatic heterocycles. The molecule has 3 aromatic rings. The van der Waals surface area contributed by atoms with Gasteiger partial charge in [0.05, 0.1) is 22.5 Å². The van der Waals surface area contributed by atoms with Crippen molar-refractivity contribution >= 4 is 15.7 Å². The van der Waals surface area contributed by atoms with Gasteiger partial charge in [-0.2, -0.15) is 5.10 Å². The second-order valence-corrected chi connectivity index (χ2v) is 7.18. The second-order valence-electron chi connectivity index (χ2n) is 5.50. The first-order valence-corrected chi connectivity index (χ1v) is 9.19. The van der Waals surface area contributed by atoms with Crippen molar-refractivity contribution in [3.8, 4) is 11.3 Å². The fourth-order valence-corrected chi connectivity index (χ4v) is 3.61. The van der Waals surface area contributed by atoms with E-state index in [0.717, 1.165) is 23.2 Å². The van der Waals surface area contributed by atoms with Crippen LogP contribution in [0.4, 0.5) is 5.69 Å². The number of nitrogens with one attached hydrogen (secondary N) is 1. The minimum absolute atomic E-state index is 0.238. The lowest BCUT2D eigenvalue weighted by molar-refractivity contribution is 0.601. The number of hydrogen-bond donors (Lipinski definition) is 1. The summed E-state index contributed by atoms with van der Waals surface area (Å²) in [5, 5.41) is 4.19. The Balaban J connectivity index is 1.96. The van der Waals surface area contributed by atoms with E-state index in [9.17, 15) is 8.42 Å². The lowest BCUT2D eigenvalue weighted by Crippen LogP contribution is -2.13. The molecule has 0 saturated heterocycles. The van der Waals surface area contributed by atoms with Gasteiger partial charge in [-0.1, -0.05) is 49.4 Å². The van der Waals surface area contributed by atoms with Gasteiger partial charge in [0, 0.05) is 12.6 Å². The Hall–Kier alpha value is -2.60. The first-order chi connectivity index (χ1) is 11.5. The summed E-state index contributed by atoms with van der Waals surface area (Å²) >= 11 is 0. The zero-order valence-electron chi connectivity index (χ0n) is 13.6. The minimum atomic E-state index is -3.66. The predicted molar refractivity (Wildman–Crippen MR) is 95.3 cm³/mol. The molecule has 124 valence electrons. The summed E-state index contributed by atoms with van der Waals surface area (Å²) in [5.74, 6) is 0. The molecule has 0 radical (unpaired) electrons. The Kier molecular flexibility index (Phi) is 4.40. The van der Waals surface area contributed by atoms with Crippen LogP contribution in [-0.2, 0) is 23.5 Å². The number of benzene rings is 2. The van der Waals surface area contributed by atoms with Gasteiger partial charge in [-0.25, -0.2) is 8.42 Å². The van der Waals surface area contributed by atoms with E-state index in [1.54, 1.807) is 23.9 Å². The van der Waals surface area contributed by atoms with Crippen molar-refractivity contribution in [1.82, 2.24) is 9.78 Å². The van der Waals surface area contributed by atoms with Gasteiger partial charge in [0.2, 0.25) is 0 Å². The molecule has 24 heavy (non-hydrogen) atoms. The molecule has 0 aliphatic carbocycles. The van der Waals surface area contributed by atoms with Crippen LogP contribution in [0, 0.1) is 0 Å². The maximum absolute atomic E-state index is 12.6. The largest absolute Gasteiger partial charge is 0.276 e. The van der Waals surface area contributed by atoms with E-state index >= 15 is 0 Å². The molecule has 1 N–H and O–H groups in total. The van der Waals surface area contributed by atoms with Gasteiger partial charge in [-0.3, -0.25) is 9.40 Å². The first kappa shape index (κ1) is 16.3. The number of anilines is 1. The molecular formula is C18H19N3O2S. The highest BCUT2D eigenvalue weighted by Gasteiger charge is 2.19. The SMILES string of the molecule is CCc1ccc(S(=O)(=O)Nc2cnn(C)c2-c2ccccc2)cc1. The van der Waals surface area contributed by atoms with Crippen LogP contribution >= 0.6 is 0 Å². The van der Waals surface area contributed by atoms with Crippen LogP contribution in [0.2, 0.25) is 0 Å². The summed E-state index contributed by atoms with van der Waals surface area (Å²) in [7, 11) is -1.87. The van der Waals surface area contributed by atoms with Crippen molar-refractivity contribution in [1.29, 1.82) is 0 Å². The maximum atomic E-state index is 12.6. The fourth-order valence-electron chi connectivity index (χ4n) is 2.56. The Labute approximate surface area is 142 Å². The summed E-state index contributed by atoms with van der Waals surface area (Å²) in [6.45, 7) is 2.03. The minimum Gasteiger partial charge on any atom is -0.276 e. The molecule has 0 bridgehead atoms. The molecule has 0 spiro atoms. The Morgan fingerprint density at radius 1 is 1.04 bits per heavy atom. The first-order valence-electron chi connectivity index (χ1n) is 7.70. The van der Waals surface area contributed by atoms with E-state index in [1.807, 2.05) is 49.4 Å².